The van der Waals surface area contributed by atoms with Crippen molar-refractivity contribution in [3.05, 3.63) is 23.0 Å². The number of H-pyrrole nitrogens is 1. The predicted octanol–water partition coefficient (Wildman–Crippen LogP) is 2.32. The Morgan fingerprint density at radius 1 is 1.27 bits per heavy atom. The Morgan fingerprint density at radius 2 is 2.07 bits per heavy atom. The number of nitrogens with two attached hydrogens (primary N) is 1. The van der Waals surface area contributed by atoms with Crippen LogP contribution in [0.5, 0.6) is 0 Å². The van der Waals surface area contributed by atoms with E-state index in [2.05, 4.69) is 11.1 Å². The summed E-state index contributed by atoms with van der Waals surface area (Å²) in [5.74, 6) is 0. The lowest BCUT2D eigenvalue weighted by molar-refractivity contribution is 0.603. The van der Waals surface area contributed by atoms with Crippen LogP contribution in [0.25, 0.3) is 0 Å². The molecular weight excluding hydrogens is 184 g/mol. The van der Waals surface area contributed by atoms with Crippen molar-refractivity contribution in [1.82, 2.24) is 4.98 Å². The third kappa shape index (κ3) is 1.96. The van der Waals surface area contributed by atoms with Gasteiger partial charge in [0, 0.05) is 16.9 Å². The van der Waals surface area contributed by atoms with Crippen molar-refractivity contribution < 1.29 is 0 Å². The van der Waals surface area contributed by atoms with Gasteiger partial charge in [0.15, 0.2) is 0 Å². The minimum atomic E-state index is 0.200. The fourth-order valence-electron chi connectivity index (χ4n) is 2.60. The Kier molecular flexibility index (Phi) is 2.13. The van der Waals surface area contributed by atoms with Crippen LogP contribution in [0.4, 0.5) is 0 Å². The maximum Gasteiger partial charge on any atom is 0.0181 e. The van der Waals surface area contributed by atoms with Crippen LogP contribution in [-0.2, 0) is 19.3 Å². The number of aromatic nitrogens is 1. The summed E-state index contributed by atoms with van der Waals surface area (Å²) in [7, 11) is 0. The van der Waals surface area contributed by atoms with Gasteiger partial charge in [0.25, 0.3) is 0 Å². The van der Waals surface area contributed by atoms with Gasteiger partial charge in [0.2, 0.25) is 0 Å². The second-order valence-corrected chi connectivity index (χ2v) is 5.37. The smallest absolute Gasteiger partial charge is 0.0181 e. The molecule has 1 heterocycles. The van der Waals surface area contributed by atoms with Gasteiger partial charge in [-0.3, -0.25) is 0 Å². The molecule has 0 spiro atoms. The molecule has 0 saturated heterocycles. The van der Waals surface area contributed by atoms with Gasteiger partial charge in [-0.15, -0.1) is 0 Å². The summed E-state index contributed by atoms with van der Waals surface area (Å²) in [5, 5.41) is 0. The Labute approximate surface area is 91.3 Å². The molecule has 2 nitrogen and oxygen atoms in total. The van der Waals surface area contributed by atoms with E-state index < -0.39 is 0 Å². The van der Waals surface area contributed by atoms with Gasteiger partial charge in [0.1, 0.15) is 0 Å². The standard InChI is InChI=1S/C13H20N2/c14-13(7-8-13)6-5-11-9-10-3-1-2-4-12(10)15-11/h9,15H,1-8,14H2. The van der Waals surface area contributed by atoms with E-state index >= 15 is 0 Å². The third-order valence-corrected chi connectivity index (χ3v) is 3.95. The summed E-state index contributed by atoms with van der Waals surface area (Å²) < 4.78 is 0. The zero-order chi connectivity index (χ0) is 10.3. The summed E-state index contributed by atoms with van der Waals surface area (Å²) in [4.78, 5) is 3.58. The van der Waals surface area contributed by atoms with Crippen LogP contribution < -0.4 is 5.73 Å². The lowest BCUT2D eigenvalue weighted by Gasteiger charge is -2.09. The summed E-state index contributed by atoms with van der Waals surface area (Å²) in [6.45, 7) is 0. The van der Waals surface area contributed by atoms with Crippen molar-refractivity contribution in [2.24, 2.45) is 5.73 Å². The second-order valence-electron chi connectivity index (χ2n) is 5.37. The number of rotatable bonds is 3. The molecule has 3 rings (SSSR count). The predicted molar refractivity (Wildman–Crippen MR) is 61.9 cm³/mol. The van der Waals surface area contributed by atoms with E-state index in [0.29, 0.717) is 0 Å². The van der Waals surface area contributed by atoms with Gasteiger partial charge < -0.3 is 10.7 Å². The minimum Gasteiger partial charge on any atom is -0.362 e. The van der Waals surface area contributed by atoms with Gasteiger partial charge in [-0.1, -0.05) is 0 Å². The molecule has 2 aliphatic rings. The van der Waals surface area contributed by atoms with Crippen molar-refractivity contribution in [2.75, 3.05) is 0 Å². The molecule has 2 aliphatic carbocycles. The molecule has 2 heteroatoms. The van der Waals surface area contributed by atoms with Crippen LogP contribution in [0.2, 0.25) is 0 Å². The topological polar surface area (TPSA) is 41.8 Å². The first-order valence-corrected chi connectivity index (χ1v) is 6.24. The van der Waals surface area contributed by atoms with Crippen molar-refractivity contribution in [2.45, 2.75) is 56.9 Å². The highest BCUT2D eigenvalue weighted by molar-refractivity contribution is 5.28. The molecule has 1 saturated carbocycles. The van der Waals surface area contributed by atoms with E-state index in [0.717, 1.165) is 12.8 Å². The molecule has 0 bridgehead atoms. The Hall–Kier alpha value is -0.760. The van der Waals surface area contributed by atoms with Crippen LogP contribution in [0.3, 0.4) is 0 Å². The molecule has 0 atom stereocenters. The maximum absolute atomic E-state index is 6.10. The van der Waals surface area contributed by atoms with Crippen LogP contribution in [0, 0.1) is 0 Å². The van der Waals surface area contributed by atoms with E-state index in [1.165, 1.54) is 49.9 Å². The van der Waals surface area contributed by atoms with Crippen molar-refractivity contribution in [3.63, 3.8) is 0 Å². The summed E-state index contributed by atoms with van der Waals surface area (Å²) in [6, 6.07) is 2.38. The van der Waals surface area contributed by atoms with Gasteiger partial charge in [-0.05, 0) is 63.0 Å². The normalized spacial score (nSPS) is 22.5. The number of nitrogens with one attached hydrogen (secondary N) is 1. The molecule has 1 fully saturated rings. The van der Waals surface area contributed by atoms with Crippen molar-refractivity contribution in [1.29, 1.82) is 0 Å². The maximum atomic E-state index is 6.10. The molecule has 1 aromatic heterocycles. The SMILES string of the molecule is NC1(CCc2cc3c([nH]2)CCCC3)CC1. The molecule has 82 valence electrons. The Bertz CT molecular complexity index is 337. The van der Waals surface area contributed by atoms with E-state index in [4.69, 9.17) is 5.73 Å². The van der Waals surface area contributed by atoms with E-state index in [9.17, 15) is 0 Å². The van der Waals surface area contributed by atoms with Gasteiger partial charge in [0.05, 0.1) is 0 Å². The molecule has 1 aromatic rings. The lowest BCUT2D eigenvalue weighted by Crippen LogP contribution is -2.22. The molecule has 0 aliphatic heterocycles. The Balaban J connectivity index is 1.67. The molecule has 0 amide bonds. The highest BCUT2D eigenvalue weighted by Crippen LogP contribution is 2.36. The van der Waals surface area contributed by atoms with Gasteiger partial charge in [-0.2, -0.15) is 0 Å². The quantitative estimate of drug-likeness (QED) is 0.779. The average Bonchev–Trinajstić information content (AvgIpc) is 2.83. The highest BCUT2D eigenvalue weighted by atomic mass is 14.8. The van der Waals surface area contributed by atoms with E-state index in [1.54, 1.807) is 5.56 Å². The fraction of sp³-hybridized carbons (Fsp3) is 0.692. The summed E-state index contributed by atoms with van der Waals surface area (Å²) in [5.41, 5.74) is 10.8. The number of aryl methyl sites for hydroxylation is 3. The first kappa shape index (κ1) is 9.46. The fourth-order valence-corrected chi connectivity index (χ4v) is 2.60. The number of aromatic amines is 1. The van der Waals surface area contributed by atoms with Crippen LogP contribution in [0.15, 0.2) is 6.07 Å². The third-order valence-electron chi connectivity index (χ3n) is 3.95. The van der Waals surface area contributed by atoms with Crippen LogP contribution in [0.1, 0.15) is 49.1 Å². The number of fused-ring (bicyclic) bond motifs is 1. The van der Waals surface area contributed by atoms with Gasteiger partial charge in [-0.25, -0.2) is 0 Å². The Morgan fingerprint density at radius 3 is 2.80 bits per heavy atom. The monoisotopic (exact) mass is 204 g/mol. The highest BCUT2D eigenvalue weighted by Gasteiger charge is 2.37. The number of hydrogen-bond donors (Lipinski definition) is 2. The van der Waals surface area contributed by atoms with Crippen LogP contribution >= 0.6 is 0 Å². The average molecular weight is 204 g/mol. The first-order valence-electron chi connectivity index (χ1n) is 6.24. The number of hydrogen-bond acceptors (Lipinski definition) is 1. The summed E-state index contributed by atoms with van der Waals surface area (Å²) in [6.07, 6.45) is 10.0. The van der Waals surface area contributed by atoms with Crippen molar-refractivity contribution >= 4 is 0 Å². The molecule has 0 radical (unpaired) electrons. The largest absolute Gasteiger partial charge is 0.362 e. The molecule has 15 heavy (non-hydrogen) atoms. The molecule has 0 aromatic carbocycles. The first-order chi connectivity index (χ1) is 7.25. The molecule has 0 unspecified atom stereocenters. The van der Waals surface area contributed by atoms with Crippen LogP contribution in [-0.4, -0.2) is 10.5 Å². The van der Waals surface area contributed by atoms with E-state index in [-0.39, 0.29) is 5.54 Å². The lowest BCUT2D eigenvalue weighted by atomic mass is 9.98. The molecule has 3 N–H and O–H groups in total. The molecular formula is C13H20N2. The zero-order valence-corrected chi connectivity index (χ0v) is 9.31. The second kappa shape index (κ2) is 3.38. The van der Waals surface area contributed by atoms with Gasteiger partial charge >= 0.3 is 0 Å². The minimum absolute atomic E-state index is 0.200. The van der Waals surface area contributed by atoms with Crippen molar-refractivity contribution in [3.8, 4) is 0 Å². The zero-order valence-electron chi connectivity index (χ0n) is 9.31. The summed E-state index contributed by atoms with van der Waals surface area (Å²) >= 11 is 0. The van der Waals surface area contributed by atoms with E-state index in [1.807, 2.05) is 0 Å².